The van der Waals surface area contributed by atoms with E-state index in [-0.39, 0.29) is 35.9 Å². The number of amides is 2. The van der Waals surface area contributed by atoms with Crippen molar-refractivity contribution in [3.8, 4) is 0 Å². The van der Waals surface area contributed by atoms with Crippen molar-refractivity contribution in [3.05, 3.63) is 29.8 Å². The molecule has 0 bridgehead atoms. The Hall–Kier alpha value is -2.17. The topological polar surface area (TPSA) is 77.5 Å². The number of benzene rings is 1. The van der Waals surface area contributed by atoms with Crippen molar-refractivity contribution in [2.75, 3.05) is 4.90 Å². The molecule has 2 rings (SSSR count). The predicted octanol–water partition coefficient (Wildman–Crippen LogP) is -0.297. The Kier molecular flexibility index (Phi) is 2.44. The highest BCUT2D eigenvalue weighted by Gasteiger charge is 2.30. The van der Waals surface area contributed by atoms with Crippen molar-refractivity contribution < 1.29 is 19.5 Å². The minimum Gasteiger partial charge on any atom is -0.545 e. The van der Waals surface area contributed by atoms with E-state index in [1.165, 1.54) is 24.3 Å². The van der Waals surface area contributed by atoms with Crippen LogP contribution in [0, 0.1) is 0 Å². The summed E-state index contributed by atoms with van der Waals surface area (Å²) in [7, 11) is 0. The van der Waals surface area contributed by atoms with Gasteiger partial charge in [-0.25, -0.2) is 0 Å². The van der Waals surface area contributed by atoms with E-state index in [4.69, 9.17) is 0 Å². The summed E-state index contributed by atoms with van der Waals surface area (Å²) in [6.07, 6.45) is 0.350. The monoisotopic (exact) mass is 218 g/mol. The molecule has 0 aliphatic carbocycles. The molecule has 0 N–H and O–H groups in total. The summed E-state index contributed by atoms with van der Waals surface area (Å²) in [6, 6.07) is 5.60. The first kappa shape index (κ1) is 10.4. The van der Waals surface area contributed by atoms with Gasteiger partial charge in [0.25, 0.3) is 0 Å². The van der Waals surface area contributed by atoms with E-state index < -0.39 is 5.97 Å². The number of hydrogen-bond acceptors (Lipinski definition) is 4. The Morgan fingerprint density at radius 3 is 2.38 bits per heavy atom. The second-order valence-corrected chi connectivity index (χ2v) is 3.46. The highest BCUT2D eigenvalue weighted by Crippen LogP contribution is 2.23. The number of carbonyl (C=O) groups is 3. The highest BCUT2D eigenvalue weighted by molar-refractivity contribution is 6.20. The van der Waals surface area contributed by atoms with E-state index in [0.29, 0.717) is 0 Å². The molecular weight excluding hydrogens is 210 g/mol. The lowest BCUT2D eigenvalue weighted by atomic mass is 10.2. The summed E-state index contributed by atoms with van der Waals surface area (Å²) in [5.74, 6) is -1.94. The maximum absolute atomic E-state index is 11.4. The zero-order valence-electron chi connectivity index (χ0n) is 8.30. The Morgan fingerprint density at radius 1 is 1.19 bits per heavy atom. The van der Waals surface area contributed by atoms with E-state index in [2.05, 4.69) is 0 Å². The SMILES string of the molecule is O=C([O-])c1cccc(N2C(=O)CCC2=O)c1. The van der Waals surface area contributed by atoms with Crippen LogP contribution in [0.25, 0.3) is 0 Å². The van der Waals surface area contributed by atoms with Crippen LogP contribution in [0.1, 0.15) is 23.2 Å². The molecule has 0 atom stereocenters. The molecule has 0 spiro atoms. The molecule has 5 heteroatoms. The average molecular weight is 218 g/mol. The van der Waals surface area contributed by atoms with Crippen molar-refractivity contribution in [2.45, 2.75) is 12.8 Å². The molecule has 0 saturated carbocycles. The summed E-state index contributed by atoms with van der Waals surface area (Å²) in [5, 5.41) is 10.6. The smallest absolute Gasteiger partial charge is 0.234 e. The van der Waals surface area contributed by atoms with E-state index in [0.717, 1.165) is 4.90 Å². The van der Waals surface area contributed by atoms with Crippen LogP contribution in [0.15, 0.2) is 24.3 Å². The van der Waals surface area contributed by atoms with Gasteiger partial charge in [0.2, 0.25) is 11.8 Å². The van der Waals surface area contributed by atoms with Crippen LogP contribution in [0.5, 0.6) is 0 Å². The summed E-state index contributed by atoms with van der Waals surface area (Å²) in [5.41, 5.74) is 0.235. The lowest BCUT2D eigenvalue weighted by Crippen LogP contribution is -2.29. The van der Waals surface area contributed by atoms with Crippen LogP contribution in [0.2, 0.25) is 0 Å². The van der Waals surface area contributed by atoms with Gasteiger partial charge in [0, 0.05) is 12.8 Å². The first-order valence-corrected chi connectivity index (χ1v) is 4.77. The third-order valence-corrected chi connectivity index (χ3v) is 2.39. The van der Waals surface area contributed by atoms with Gasteiger partial charge in [-0.15, -0.1) is 0 Å². The van der Waals surface area contributed by atoms with Crippen molar-refractivity contribution in [2.24, 2.45) is 0 Å². The van der Waals surface area contributed by atoms with Gasteiger partial charge in [-0.2, -0.15) is 0 Å². The van der Waals surface area contributed by atoms with Gasteiger partial charge in [0.05, 0.1) is 11.7 Å². The summed E-state index contributed by atoms with van der Waals surface area (Å²) >= 11 is 0. The van der Waals surface area contributed by atoms with Crippen molar-refractivity contribution in [1.29, 1.82) is 0 Å². The predicted molar refractivity (Wildman–Crippen MR) is 52.5 cm³/mol. The Bertz CT molecular complexity index is 465. The molecule has 1 fully saturated rings. The number of carboxylic acid groups (broad SMARTS) is 1. The second kappa shape index (κ2) is 3.77. The quantitative estimate of drug-likeness (QED) is 0.639. The van der Waals surface area contributed by atoms with Gasteiger partial charge >= 0.3 is 0 Å². The fraction of sp³-hybridized carbons (Fsp3) is 0.182. The first-order chi connectivity index (χ1) is 7.59. The molecule has 1 aromatic rings. The van der Waals surface area contributed by atoms with E-state index in [1.807, 2.05) is 0 Å². The van der Waals surface area contributed by atoms with Gasteiger partial charge in [0.1, 0.15) is 0 Å². The molecule has 5 nitrogen and oxygen atoms in total. The number of aromatic carboxylic acids is 1. The number of rotatable bonds is 2. The largest absolute Gasteiger partial charge is 0.545 e. The highest BCUT2D eigenvalue weighted by atomic mass is 16.4. The van der Waals surface area contributed by atoms with Crippen LogP contribution in [-0.2, 0) is 9.59 Å². The maximum atomic E-state index is 11.4. The van der Waals surface area contributed by atoms with Crippen LogP contribution < -0.4 is 10.0 Å². The molecule has 0 radical (unpaired) electrons. The number of hydrogen-bond donors (Lipinski definition) is 0. The normalized spacial score (nSPS) is 15.6. The number of carbonyl (C=O) groups excluding carboxylic acids is 3. The Balaban J connectivity index is 2.40. The minimum atomic E-state index is -1.33. The van der Waals surface area contributed by atoms with E-state index in [1.54, 1.807) is 0 Å². The standard InChI is InChI=1S/C11H9NO4/c13-9-4-5-10(14)12(9)8-3-1-2-7(6-8)11(15)16/h1-3,6H,4-5H2,(H,15,16)/p-1. The van der Waals surface area contributed by atoms with Gasteiger partial charge in [-0.05, 0) is 17.7 Å². The summed E-state index contributed by atoms with van der Waals surface area (Å²) in [4.78, 5) is 34.5. The average Bonchev–Trinajstić information content (AvgIpc) is 2.59. The Labute approximate surface area is 91.3 Å². The van der Waals surface area contributed by atoms with Gasteiger partial charge in [0.15, 0.2) is 0 Å². The van der Waals surface area contributed by atoms with E-state index in [9.17, 15) is 19.5 Å². The van der Waals surface area contributed by atoms with Gasteiger partial charge in [-0.3, -0.25) is 14.5 Å². The maximum Gasteiger partial charge on any atom is 0.234 e. The van der Waals surface area contributed by atoms with Gasteiger partial charge in [-0.1, -0.05) is 12.1 Å². The van der Waals surface area contributed by atoms with Crippen LogP contribution in [0.4, 0.5) is 5.69 Å². The zero-order valence-corrected chi connectivity index (χ0v) is 8.30. The molecule has 82 valence electrons. The minimum absolute atomic E-state index is 0.0509. The molecular formula is C11H8NO4-. The number of anilines is 1. The van der Waals surface area contributed by atoms with Crippen LogP contribution >= 0.6 is 0 Å². The van der Waals surface area contributed by atoms with Crippen molar-refractivity contribution in [3.63, 3.8) is 0 Å². The summed E-state index contributed by atoms with van der Waals surface area (Å²) < 4.78 is 0. The molecule has 0 aromatic heterocycles. The number of carboxylic acids is 1. The van der Waals surface area contributed by atoms with Crippen molar-refractivity contribution >= 4 is 23.5 Å². The molecule has 1 heterocycles. The molecule has 2 amide bonds. The second-order valence-electron chi connectivity index (χ2n) is 3.46. The lowest BCUT2D eigenvalue weighted by molar-refractivity contribution is -0.255. The number of imide groups is 1. The zero-order chi connectivity index (χ0) is 11.7. The molecule has 1 saturated heterocycles. The fourth-order valence-electron chi connectivity index (χ4n) is 1.64. The molecule has 1 aliphatic rings. The fourth-order valence-corrected chi connectivity index (χ4v) is 1.64. The van der Waals surface area contributed by atoms with Crippen LogP contribution in [0.3, 0.4) is 0 Å². The van der Waals surface area contributed by atoms with Crippen LogP contribution in [-0.4, -0.2) is 17.8 Å². The molecule has 0 unspecified atom stereocenters. The first-order valence-electron chi connectivity index (χ1n) is 4.77. The van der Waals surface area contributed by atoms with Gasteiger partial charge < -0.3 is 9.90 Å². The third kappa shape index (κ3) is 1.67. The number of nitrogens with zero attached hydrogens (tertiary/aromatic N) is 1. The molecule has 1 aliphatic heterocycles. The third-order valence-electron chi connectivity index (χ3n) is 2.39. The van der Waals surface area contributed by atoms with E-state index >= 15 is 0 Å². The molecule has 1 aromatic carbocycles. The van der Waals surface area contributed by atoms with Crippen molar-refractivity contribution in [1.82, 2.24) is 0 Å². The molecule has 16 heavy (non-hydrogen) atoms. The summed E-state index contributed by atoms with van der Waals surface area (Å²) in [6.45, 7) is 0. The Morgan fingerprint density at radius 2 is 1.81 bits per heavy atom. The lowest BCUT2D eigenvalue weighted by Gasteiger charge is -2.14.